The van der Waals surface area contributed by atoms with Crippen molar-refractivity contribution in [2.75, 3.05) is 25.0 Å². The molecule has 0 radical (unpaired) electrons. The molecule has 1 aromatic rings. The Bertz CT molecular complexity index is 701. The van der Waals surface area contributed by atoms with Crippen LogP contribution < -0.4 is 5.32 Å². The number of fused-ring (bicyclic) bond motifs is 1. The van der Waals surface area contributed by atoms with E-state index in [-0.39, 0.29) is 37.0 Å². The number of ether oxygens (including phenoxy) is 2. The van der Waals surface area contributed by atoms with Crippen molar-refractivity contribution in [2.24, 2.45) is 0 Å². The van der Waals surface area contributed by atoms with Gasteiger partial charge in [0.2, 0.25) is 5.91 Å². The number of hydrogen-bond donors (Lipinski definition) is 1. The second-order valence-electron chi connectivity index (χ2n) is 6.51. The van der Waals surface area contributed by atoms with Crippen molar-refractivity contribution in [3.63, 3.8) is 0 Å². The molecule has 0 spiro atoms. The number of rotatable bonds is 4. The lowest BCUT2D eigenvalue weighted by Crippen LogP contribution is -2.49. The zero-order valence-electron chi connectivity index (χ0n) is 14.8. The molecule has 140 valence electrons. The quantitative estimate of drug-likeness (QED) is 0.803. The number of morpholine rings is 1. The summed E-state index contributed by atoms with van der Waals surface area (Å²) in [5.74, 6) is -1.03. The first-order valence-electron chi connectivity index (χ1n) is 8.58. The molecule has 0 aliphatic carbocycles. The summed E-state index contributed by atoms with van der Waals surface area (Å²) >= 11 is 1.33. The fraction of sp³-hybridized carbons (Fsp3) is 0.500. The molecule has 0 aromatic heterocycles. The van der Waals surface area contributed by atoms with E-state index in [4.69, 9.17) is 9.47 Å². The second kappa shape index (κ2) is 8.09. The van der Waals surface area contributed by atoms with Crippen molar-refractivity contribution < 1.29 is 23.9 Å². The van der Waals surface area contributed by atoms with E-state index in [1.54, 1.807) is 4.90 Å². The lowest BCUT2D eigenvalue weighted by atomic mass is 10.2. The number of carbonyl (C=O) groups is 3. The number of anilines is 1. The Morgan fingerprint density at radius 1 is 1.27 bits per heavy atom. The van der Waals surface area contributed by atoms with Crippen molar-refractivity contribution in [1.82, 2.24) is 4.90 Å². The lowest BCUT2D eigenvalue weighted by molar-refractivity contribution is -0.157. The van der Waals surface area contributed by atoms with Gasteiger partial charge in [0.1, 0.15) is 0 Å². The standard InChI is InChI=1S/C18H22N2O5S/c1-11-8-20(9-12(2)25-11)16(21)10-24-17(22)7-15-18(23)19-13-5-3-4-6-14(13)26-15/h3-6,11-12,15H,7-10H2,1-2H3,(H,19,23)/t11-,12+,15-/m1/s1. The van der Waals surface area contributed by atoms with Crippen LogP contribution in [0.2, 0.25) is 0 Å². The minimum atomic E-state index is -0.559. The van der Waals surface area contributed by atoms with Crippen LogP contribution >= 0.6 is 11.8 Å². The maximum absolute atomic E-state index is 12.2. The zero-order chi connectivity index (χ0) is 18.7. The average Bonchev–Trinajstić information content (AvgIpc) is 2.59. The summed E-state index contributed by atoms with van der Waals surface area (Å²) in [6.07, 6.45) is -0.157. The van der Waals surface area contributed by atoms with Crippen LogP contribution in [0.1, 0.15) is 20.3 Å². The summed E-state index contributed by atoms with van der Waals surface area (Å²) in [4.78, 5) is 39.0. The summed E-state index contributed by atoms with van der Waals surface area (Å²) in [6.45, 7) is 4.46. The van der Waals surface area contributed by atoms with Gasteiger partial charge < -0.3 is 19.7 Å². The van der Waals surface area contributed by atoms with Gasteiger partial charge in [-0.15, -0.1) is 11.8 Å². The molecule has 0 bridgehead atoms. The molecular formula is C18H22N2O5S. The molecule has 2 aliphatic rings. The Balaban J connectivity index is 1.48. The van der Waals surface area contributed by atoms with Gasteiger partial charge in [0.15, 0.2) is 6.61 Å². The Hall–Kier alpha value is -2.06. The van der Waals surface area contributed by atoms with E-state index in [2.05, 4.69) is 5.32 Å². The first kappa shape index (κ1) is 18.7. The van der Waals surface area contributed by atoms with Crippen LogP contribution in [0.15, 0.2) is 29.2 Å². The van der Waals surface area contributed by atoms with Gasteiger partial charge in [-0.1, -0.05) is 12.1 Å². The molecule has 3 atom stereocenters. The average molecular weight is 378 g/mol. The minimum absolute atomic E-state index is 0.0409. The Kier molecular flexibility index (Phi) is 5.83. The third-order valence-corrected chi connectivity index (χ3v) is 5.46. The molecule has 1 aromatic carbocycles. The van der Waals surface area contributed by atoms with Crippen LogP contribution in [0.4, 0.5) is 5.69 Å². The monoisotopic (exact) mass is 378 g/mol. The number of thioether (sulfide) groups is 1. The highest BCUT2D eigenvalue weighted by molar-refractivity contribution is 8.01. The fourth-order valence-corrected chi connectivity index (χ4v) is 4.15. The van der Waals surface area contributed by atoms with Gasteiger partial charge >= 0.3 is 5.97 Å². The van der Waals surface area contributed by atoms with E-state index in [1.165, 1.54) is 11.8 Å². The second-order valence-corrected chi connectivity index (χ2v) is 7.76. The molecule has 26 heavy (non-hydrogen) atoms. The van der Waals surface area contributed by atoms with Crippen molar-refractivity contribution in [3.8, 4) is 0 Å². The third kappa shape index (κ3) is 4.56. The number of nitrogens with zero attached hydrogens (tertiary/aromatic N) is 1. The number of esters is 1. The fourth-order valence-electron chi connectivity index (χ4n) is 3.05. The van der Waals surface area contributed by atoms with Crippen LogP contribution in [-0.4, -0.2) is 59.8 Å². The van der Waals surface area contributed by atoms with E-state index in [0.717, 1.165) is 10.6 Å². The van der Waals surface area contributed by atoms with Crippen LogP contribution in [0.5, 0.6) is 0 Å². The van der Waals surface area contributed by atoms with Crippen LogP contribution in [0, 0.1) is 0 Å². The van der Waals surface area contributed by atoms with E-state index >= 15 is 0 Å². The highest BCUT2D eigenvalue weighted by Gasteiger charge is 2.30. The maximum atomic E-state index is 12.2. The molecule has 7 nitrogen and oxygen atoms in total. The number of para-hydroxylation sites is 1. The normalized spacial score (nSPS) is 25.2. The Morgan fingerprint density at radius 2 is 1.96 bits per heavy atom. The summed E-state index contributed by atoms with van der Waals surface area (Å²) < 4.78 is 10.7. The van der Waals surface area contributed by atoms with Gasteiger partial charge in [-0.05, 0) is 26.0 Å². The van der Waals surface area contributed by atoms with Crippen molar-refractivity contribution in [2.45, 2.75) is 42.6 Å². The maximum Gasteiger partial charge on any atom is 0.307 e. The van der Waals surface area contributed by atoms with Crippen molar-refractivity contribution in [3.05, 3.63) is 24.3 Å². The van der Waals surface area contributed by atoms with Crippen molar-refractivity contribution >= 4 is 35.2 Å². The number of carbonyl (C=O) groups excluding carboxylic acids is 3. The Morgan fingerprint density at radius 3 is 2.69 bits per heavy atom. The van der Waals surface area contributed by atoms with Gasteiger partial charge in [-0.25, -0.2) is 0 Å². The third-order valence-electron chi connectivity index (χ3n) is 4.19. The van der Waals surface area contributed by atoms with E-state index in [1.807, 2.05) is 38.1 Å². The van der Waals surface area contributed by atoms with Gasteiger partial charge in [-0.3, -0.25) is 14.4 Å². The molecule has 8 heteroatoms. The number of amides is 2. The Labute approximate surface area is 156 Å². The number of nitrogens with one attached hydrogen (secondary N) is 1. The largest absolute Gasteiger partial charge is 0.456 e. The molecule has 2 amide bonds. The van der Waals surface area contributed by atoms with E-state index in [0.29, 0.717) is 13.1 Å². The van der Waals surface area contributed by atoms with Crippen LogP contribution in [-0.2, 0) is 23.9 Å². The van der Waals surface area contributed by atoms with E-state index < -0.39 is 11.2 Å². The SMILES string of the molecule is C[C@@H]1CN(C(=O)COC(=O)C[C@H]2Sc3ccccc3NC2=O)C[C@H](C)O1. The molecule has 0 unspecified atom stereocenters. The summed E-state index contributed by atoms with van der Waals surface area (Å²) in [6, 6.07) is 7.43. The number of benzene rings is 1. The van der Waals surface area contributed by atoms with Crippen LogP contribution in [0.3, 0.4) is 0 Å². The molecule has 2 aliphatic heterocycles. The van der Waals surface area contributed by atoms with Gasteiger partial charge in [0.05, 0.1) is 29.6 Å². The predicted octanol–water partition coefficient (Wildman–Crippen LogP) is 1.67. The summed E-state index contributed by atoms with van der Waals surface area (Å²) in [7, 11) is 0. The first-order valence-corrected chi connectivity index (χ1v) is 9.45. The molecule has 2 heterocycles. The van der Waals surface area contributed by atoms with Crippen molar-refractivity contribution in [1.29, 1.82) is 0 Å². The van der Waals surface area contributed by atoms with Crippen LogP contribution in [0.25, 0.3) is 0 Å². The molecule has 0 saturated carbocycles. The lowest BCUT2D eigenvalue weighted by Gasteiger charge is -2.35. The minimum Gasteiger partial charge on any atom is -0.456 e. The topological polar surface area (TPSA) is 84.9 Å². The predicted molar refractivity (Wildman–Crippen MR) is 96.9 cm³/mol. The van der Waals surface area contributed by atoms with E-state index in [9.17, 15) is 14.4 Å². The van der Waals surface area contributed by atoms with Gasteiger partial charge in [0.25, 0.3) is 5.91 Å². The zero-order valence-corrected chi connectivity index (χ0v) is 15.6. The molecule has 1 saturated heterocycles. The highest BCUT2D eigenvalue weighted by Crippen LogP contribution is 2.36. The molecule has 3 rings (SSSR count). The number of hydrogen-bond acceptors (Lipinski definition) is 6. The van der Waals surface area contributed by atoms with Gasteiger partial charge in [-0.2, -0.15) is 0 Å². The summed E-state index contributed by atoms with van der Waals surface area (Å²) in [5.41, 5.74) is 0.748. The smallest absolute Gasteiger partial charge is 0.307 e. The first-order chi connectivity index (χ1) is 12.4. The molecular weight excluding hydrogens is 356 g/mol. The molecule has 1 fully saturated rings. The molecule has 1 N–H and O–H groups in total. The summed E-state index contributed by atoms with van der Waals surface area (Å²) in [5, 5.41) is 2.23. The highest BCUT2D eigenvalue weighted by atomic mass is 32.2. The van der Waals surface area contributed by atoms with Gasteiger partial charge in [0, 0.05) is 18.0 Å².